The van der Waals surface area contributed by atoms with E-state index in [0.717, 1.165) is 36.6 Å². The van der Waals surface area contributed by atoms with Gasteiger partial charge in [0.1, 0.15) is 5.82 Å². The molecule has 2 aromatic heterocycles. The second kappa shape index (κ2) is 12.2. The molecule has 42 heavy (non-hydrogen) atoms. The first kappa shape index (κ1) is 30.6. The highest BCUT2D eigenvalue weighted by molar-refractivity contribution is 6.35. The highest BCUT2D eigenvalue weighted by atomic mass is 16.2. The number of likely N-dealkylation sites (N-methyl/N-ethyl adjacent to an activating group) is 1. The zero-order valence-electron chi connectivity index (χ0n) is 25.8. The van der Waals surface area contributed by atoms with Gasteiger partial charge in [0.15, 0.2) is 0 Å². The van der Waals surface area contributed by atoms with Gasteiger partial charge in [-0.3, -0.25) is 19.6 Å². The Kier molecular flexibility index (Phi) is 8.91. The zero-order valence-corrected chi connectivity index (χ0v) is 25.8. The van der Waals surface area contributed by atoms with Gasteiger partial charge in [0.25, 0.3) is 11.8 Å². The number of rotatable bonds is 9. The summed E-state index contributed by atoms with van der Waals surface area (Å²) in [4.78, 5) is 44.1. The van der Waals surface area contributed by atoms with E-state index in [4.69, 9.17) is 0 Å². The molecule has 3 aromatic rings. The van der Waals surface area contributed by atoms with Crippen LogP contribution >= 0.6 is 0 Å². The summed E-state index contributed by atoms with van der Waals surface area (Å²) < 4.78 is 1.63. The number of H-pyrrole nitrogens is 1. The van der Waals surface area contributed by atoms with E-state index in [-0.39, 0.29) is 17.2 Å². The summed E-state index contributed by atoms with van der Waals surface area (Å²) in [7, 11) is 1.78. The molecule has 1 aromatic carbocycles. The van der Waals surface area contributed by atoms with Crippen molar-refractivity contribution in [3.63, 3.8) is 0 Å². The predicted octanol–water partition coefficient (Wildman–Crippen LogP) is 4.87. The van der Waals surface area contributed by atoms with E-state index in [9.17, 15) is 14.4 Å². The molecule has 0 bridgehead atoms. The van der Waals surface area contributed by atoms with Gasteiger partial charge < -0.3 is 25.8 Å². The maximum absolute atomic E-state index is 13.0. The van der Waals surface area contributed by atoms with Crippen molar-refractivity contribution in [1.29, 1.82) is 0 Å². The Morgan fingerprint density at radius 3 is 2.45 bits per heavy atom. The molecule has 0 unspecified atom stereocenters. The highest BCUT2D eigenvalue weighted by Crippen LogP contribution is 2.36. The van der Waals surface area contributed by atoms with E-state index in [1.54, 1.807) is 36.0 Å². The Labute approximate surface area is 247 Å². The topological polar surface area (TPSA) is 136 Å². The molecule has 1 aliphatic rings. The number of fused-ring (bicyclic) bond motifs is 1. The molecule has 0 saturated heterocycles. The van der Waals surface area contributed by atoms with Crippen LogP contribution in [-0.2, 0) is 17.3 Å². The van der Waals surface area contributed by atoms with Crippen molar-refractivity contribution in [2.24, 2.45) is 7.05 Å². The normalized spacial score (nSPS) is 13.8. The molecular formula is C31H42N8O3. The Hall–Kier alpha value is -4.38. The van der Waals surface area contributed by atoms with E-state index >= 15 is 0 Å². The number of nitrogens with one attached hydrogen (secondary N) is 5. The van der Waals surface area contributed by atoms with Crippen LogP contribution in [0.25, 0.3) is 11.6 Å². The van der Waals surface area contributed by atoms with E-state index in [0.29, 0.717) is 46.1 Å². The standard InChI is InChI=1S/C31H42N8O3/c1-9-39(10-2)14-13-32-29(41)27-18(3)23(33-19(27)4)16-22-21-12-11-20(15-24(21)35-28(22)40)34-30(42)36-26-17-25(31(5,6)7)37-38(26)8/h11-12,15-17,33H,9-10,13-14H2,1-8H3,(H,32,41)(H,35,40)(H2,34,36,42)/b22-16-. The summed E-state index contributed by atoms with van der Waals surface area (Å²) in [6.07, 6.45) is 1.77. The number of aryl methyl sites for hydroxylation is 2. The number of aromatic nitrogens is 3. The zero-order chi connectivity index (χ0) is 30.8. The fourth-order valence-electron chi connectivity index (χ4n) is 5.00. The second-order valence-corrected chi connectivity index (χ2v) is 11.6. The summed E-state index contributed by atoms with van der Waals surface area (Å²) in [6.45, 7) is 17.3. The Morgan fingerprint density at radius 1 is 1.10 bits per heavy atom. The van der Waals surface area contributed by atoms with Crippen LogP contribution in [0.1, 0.15) is 73.2 Å². The number of benzene rings is 1. The van der Waals surface area contributed by atoms with Crippen molar-refractivity contribution in [2.45, 2.75) is 53.9 Å². The average molecular weight is 575 g/mol. The van der Waals surface area contributed by atoms with Crippen LogP contribution in [0, 0.1) is 13.8 Å². The van der Waals surface area contributed by atoms with Crippen LogP contribution in [0.2, 0.25) is 0 Å². The third kappa shape index (κ3) is 6.57. The van der Waals surface area contributed by atoms with Crippen molar-refractivity contribution in [3.05, 3.63) is 58.0 Å². The maximum atomic E-state index is 13.0. The minimum Gasteiger partial charge on any atom is -0.358 e. The molecule has 1 aliphatic heterocycles. The van der Waals surface area contributed by atoms with Crippen LogP contribution in [-0.4, -0.2) is 63.7 Å². The fraction of sp³-hybridized carbons (Fsp3) is 0.419. The van der Waals surface area contributed by atoms with Crippen LogP contribution < -0.4 is 21.3 Å². The van der Waals surface area contributed by atoms with E-state index < -0.39 is 6.03 Å². The van der Waals surface area contributed by atoms with E-state index in [1.807, 2.05) is 19.9 Å². The first-order valence-corrected chi connectivity index (χ1v) is 14.3. The van der Waals surface area contributed by atoms with Crippen molar-refractivity contribution in [1.82, 2.24) is 25.0 Å². The summed E-state index contributed by atoms with van der Waals surface area (Å²) >= 11 is 0. The largest absolute Gasteiger partial charge is 0.358 e. The molecule has 0 aliphatic carbocycles. The number of urea groups is 1. The Morgan fingerprint density at radius 2 is 1.81 bits per heavy atom. The monoisotopic (exact) mass is 574 g/mol. The van der Waals surface area contributed by atoms with Crippen LogP contribution in [0.4, 0.5) is 22.0 Å². The van der Waals surface area contributed by atoms with Crippen molar-refractivity contribution in [3.8, 4) is 0 Å². The van der Waals surface area contributed by atoms with Crippen molar-refractivity contribution < 1.29 is 14.4 Å². The van der Waals surface area contributed by atoms with Crippen molar-refractivity contribution >= 4 is 46.7 Å². The first-order chi connectivity index (χ1) is 19.8. The third-order valence-electron chi connectivity index (χ3n) is 7.55. The van der Waals surface area contributed by atoms with Gasteiger partial charge in [-0.05, 0) is 50.7 Å². The molecule has 0 fully saturated rings. The van der Waals surface area contributed by atoms with Gasteiger partial charge in [0.05, 0.1) is 22.5 Å². The second-order valence-electron chi connectivity index (χ2n) is 11.6. The quantitative estimate of drug-likeness (QED) is 0.232. The average Bonchev–Trinajstić information content (AvgIpc) is 3.53. The summed E-state index contributed by atoms with van der Waals surface area (Å²) in [6, 6.07) is 6.70. The fourth-order valence-corrected chi connectivity index (χ4v) is 5.00. The molecular weight excluding hydrogens is 532 g/mol. The van der Waals surface area contributed by atoms with Crippen molar-refractivity contribution in [2.75, 3.05) is 42.1 Å². The molecule has 0 radical (unpaired) electrons. The smallest absolute Gasteiger partial charge is 0.324 e. The van der Waals surface area contributed by atoms with Crippen LogP contribution in [0.3, 0.4) is 0 Å². The number of carbonyl (C=O) groups excluding carboxylic acids is 3. The summed E-state index contributed by atoms with van der Waals surface area (Å²) in [5.74, 6) is 0.183. The number of amides is 4. The molecule has 5 N–H and O–H groups in total. The lowest BCUT2D eigenvalue weighted by molar-refractivity contribution is -0.110. The first-order valence-electron chi connectivity index (χ1n) is 14.3. The molecule has 11 nitrogen and oxygen atoms in total. The van der Waals surface area contributed by atoms with Gasteiger partial charge >= 0.3 is 6.03 Å². The number of hydrogen-bond acceptors (Lipinski definition) is 5. The van der Waals surface area contributed by atoms with Gasteiger partial charge in [0.2, 0.25) is 0 Å². The van der Waals surface area contributed by atoms with E-state index in [2.05, 4.69) is 70.9 Å². The molecule has 0 saturated carbocycles. The number of hydrogen-bond donors (Lipinski definition) is 5. The lowest BCUT2D eigenvalue weighted by atomic mass is 9.92. The lowest BCUT2D eigenvalue weighted by Crippen LogP contribution is -2.35. The van der Waals surface area contributed by atoms with Gasteiger partial charge in [-0.25, -0.2) is 4.79 Å². The van der Waals surface area contributed by atoms with Gasteiger partial charge in [0, 0.05) is 54.3 Å². The molecule has 11 heteroatoms. The molecule has 0 spiro atoms. The van der Waals surface area contributed by atoms with Crippen LogP contribution in [0.5, 0.6) is 0 Å². The predicted molar refractivity (Wildman–Crippen MR) is 168 cm³/mol. The Bertz CT molecular complexity index is 1540. The number of anilines is 3. The molecule has 0 atom stereocenters. The van der Waals surface area contributed by atoms with Gasteiger partial charge in [-0.1, -0.05) is 40.7 Å². The summed E-state index contributed by atoms with van der Waals surface area (Å²) in [5, 5.41) is 16.0. The lowest BCUT2D eigenvalue weighted by Gasteiger charge is -2.18. The van der Waals surface area contributed by atoms with E-state index in [1.165, 1.54) is 0 Å². The summed E-state index contributed by atoms with van der Waals surface area (Å²) in [5.41, 5.74) is 5.85. The van der Waals surface area contributed by atoms with Crippen LogP contribution in [0.15, 0.2) is 24.3 Å². The number of nitrogens with zero attached hydrogens (tertiary/aromatic N) is 3. The minimum atomic E-state index is -0.418. The third-order valence-corrected chi connectivity index (χ3v) is 7.55. The highest BCUT2D eigenvalue weighted by Gasteiger charge is 2.26. The number of carbonyl (C=O) groups is 3. The van der Waals surface area contributed by atoms with Gasteiger partial charge in [-0.2, -0.15) is 5.10 Å². The van der Waals surface area contributed by atoms with Gasteiger partial charge in [-0.15, -0.1) is 0 Å². The molecule has 3 heterocycles. The molecule has 224 valence electrons. The number of aromatic amines is 1. The maximum Gasteiger partial charge on any atom is 0.324 e. The Balaban J connectivity index is 1.47. The molecule has 4 rings (SSSR count). The minimum absolute atomic E-state index is 0.135. The SMILES string of the molecule is CCN(CC)CCNC(=O)c1c(C)[nH]c(/C=C2\C(=O)Nc3cc(NC(=O)Nc4cc(C(C)(C)C)nn4C)ccc32)c1C. The molecule has 4 amide bonds.